The number of hydrogen-bond donors (Lipinski definition) is 1. The minimum absolute atomic E-state index is 0.131. The standard InChI is InChI=1S/C12H20O6/c1-11(2)15-7-6(5-13)14-10-9(8(7)16-11)17-12(3,4)18-10/h6-10,13H,5H2,1-4H3/t6?,7-,8-,9?,10?/m1/s1. The van der Waals surface area contributed by atoms with Crippen LogP contribution in [0.3, 0.4) is 0 Å². The lowest BCUT2D eigenvalue weighted by Gasteiger charge is -2.36. The van der Waals surface area contributed by atoms with Crippen LogP contribution >= 0.6 is 0 Å². The molecule has 3 fully saturated rings. The maximum Gasteiger partial charge on any atom is 0.190 e. The van der Waals surface area contributed by atoms with E-state index in [4.69, 9.17) is 23.7 Å². The molecule has 3 aliphatic heterocycles. The smallest absolute Gasteiger partial charge is 0.190 e. The molecule has 18 heavy (non-hydrogen) atoms. The summed E-state index contributed by atoms with van der Waals surface area (Å²) in [6.07, 6.45) is -1.90. The second-order valence-electron chi connectivity index (χ2n) is 5.89. The molecule has 3 rings (SSSR count). The van der Waals surface area contributed by atoms with Gasteiger partial charge in [-0.2, -0.15) is 0 Å². The Labute approximate surface area is 106 Å². The predicted octanol–water partition coefficient (Wildman–Crippen LogP) is 0.375. The number of rotatable bonds is 1. The topological polar surface area (TPSA) is 66.4 Å². The van der Waals surface area contributed by atoms with Crippen molar-refractivity contribution in [2.75, 3.05) is 6.61 Å². The highest BCUT2D eigenvalue weighted by atomic mass is 16.9. The molecule has 5 atom stereocenters. The summed E-state index contributed by atoms with van der Waals surface area (Å²) < 4.78 is 28.9. The summed E-state index contributed by atoms with van der Waals surface area (Å²) in [5, 5.41) is 9.40. The number of aliphatic hydroxyl groups is 1. The Hall–Kier alpha value is -0.240. The van der Waals surface area contributed by atoms with Gasteiger partial charge in [-0.3, -0.25) is 0 Å². The lowest BCUT2D eigenvalue weighted by molar-refractivity contribution is -0.240. The third-order valence-electron chi connectivity index (χ3n) is 3.43. The maximum absolute atomic E-state index is 9.40. The SMILES string of the molecule is CC1(C)OC2OC(CO)[C@H]3OC(C)(C)O[C@H]3C2O1. The van der Waals surface area contributed by atoms with Crippen LogP contribution in [0.15, 0.2) is 0 Å². The van der Waals surface area contributed by atoms with Crippen LogP contribution in [0.4, 0.5) is 0 Å². The zero-order chi connectivity index (χ0) is 13.1. The fraction of sp³-hybridized carbons (Fsp3) is 1.00. The molecule has 3 aliphatic rings. The molecule has 0 amide bonds. The molecule has 3 unspecified atom stereocenters. The third-order valence-corrected chi connectivity index (χ3v) is 3.43. The number of aliphatic hydroxyl groups excluding tert-OH is 1. The molecule has 0 saturated carbocycles. The largest absolute Gasteiger partial charge is 0.394 e. The van der Waals surface area contributed by atoms with Crippen LogP contribution < -0.4 is 0 Å². The molecule has 0 aromatic heterocycles. The second kappa shape index (κ2) is 3.88. The van der Waals surface area contributed by atoms with E-state index in [0.29, 0.717) is 0 Å². The van der Waals surface area contributed by atoms with Crippen LogP contribution in [0.5, 0.6) is 0 Å². The van der Waals surface area contributed by atoms with Crippen LogP contribution in [0, 0.1) is 0 Å². The lowest BCUT2D eigenvalue weighted by Crippen LogP contribution is -2.56. The zero-order valence-electron chi connectivity index (χ0n) is 11.1. The van der Waals surface area contributed by atoms with Crippen molar-refractivity contribution in [2.45, 2.75) is 70.0 Å². The molecule has 3 heterocycles. The summed E-state index contributed by atoms with van der Waals surface area (Å²) in [5.74, 6) is -1.41. The normalized spacial score (nSPS) is 48.8. The van der Waals surface area contributed by atoms with Gasteiger partial charge >= 0.3 is 0 Å². The fourth-order valence-electron chi connectivity index (χ4n) is 2.84. The van der Waals surface area contributed by atoms with Gasteiger partial charge < -0.3 is 28.8 Å². The summed E-state index contributed by atoms with van der Waals surface area (Å²) in [6, 6.07) is 0. The quantitative estimate of drug-likeness (QED) is 0.735. The molecular formula is C12H20O6. The summed E-state index contributed by atoms with van der Waals surface area (Å²) in [6.45, 7) is 7.22. The minimum Gasteiger partial charge on any atom is -0.394 e. The van der Waals surface area contributed by atoms with Crippen molar-refractivity contribution in [3.63, 3.8) is 0 Å². The molecular weight excluding hydrogens is 240 g/mol. The molecule has 0 aliphatic carbocycles. The molecule has 0 aromatic rings. The molecule has 0 radical (unpaired) electrons. The first-order chi connectivity index (χ1) is 8.31. The van der Waals surface area contributed by atoms with Crippen molar-refractivity contribution in [1.29, 1.82) is 0 Å². The Balaban J connectivity index is 1.86. The third kappa shape index (κ3) is 1.97. The van der Waals surface area contributed by atoms with Crippen LogP contribution in [-0.4, -0.2) is 54.0 Å². The molecule has 104 valence electrons. The van der Waals surface area contributed by atoms with E-state index in [0.717, 1.165) is 0 Å². The fourth-order valence-corrected chi connectivity index (χ4v) is 2.84. The van der Waals surface area contributed by atoms with Gasteiger partial charge in [0.25, 0.3) is 0 Å². The molecule has 0 aromatic carbocycles. The highest BCUT2D eigenvalue weighted by Crippen LogP contribution is 2.43. The number of hydrogen-bond acceptors (Lipinski definition) is 6. The van der Waals surface area contributed by atoms with E-state index in [1.54, 1.807) is 0 Å². The molecule has 0 spiro atoms. The van der Waals surface area contributed by atoms with E-state index in [-0.39, 0.29) is 24.9 Å². The zero-order valence-corrected chi connectivity index (χ0v) is 11.1. The van der Waals surface area contributed by atoms with Gasteiger partial charge in [-0.05, 0) is 27.7 Å². The van der Waals surface area contributed by atoms with Crippen molar-refractivity contribution < 1.29 is 28.8 Å². The summed E-state index contributed by atoms with van der Waals surface area (Å²) >= 11 is 0. The van der Waals surface area contributed by atoms with E-state index in [1.807, 2.05) is 27.7 Å². The van der Waals surface area contributed by atoms with Crippen molar-refractivity contribution in [1.82, 2.24) is 0 Å². The Kier molecular flexibility index (Phi) is 2.75. The van der Waals surface area contributed by atoms with Gasteiger partial charge in [0.2, 0.25) is 0 Å². The van der Waals surface area contributed by atoms with Gasteiger partial charge in [0.15, 0.2) is 17.9 Å². The highest BCUT2D eigenvalue weighted by Gasteiger charge is 2.60. The summed E-state index contributed by atoms with van der Waals surface area (Å²) in [5.41, 5.74) is 0. The molecule has 0 bridgehead atoms. The average molecular weight is 260 g/mol. The van der Waals surface area contributed by atoms with Crippen LogP contribution in [0.25, 0.3) is 0 Å². The van der Waals surface area contributed by atoms with E-state index < -0.39 is 24.0 Å². The maximum atomic E-state index is 9.40. The average Bonchev–Trinajstić information content (AvgIpc) is 2.71. The van der Waals surface area contributed by atoms with Crippen LogP contribution in [0.1, 0.15) is 27.7 Å². The molecule has 3 saturated heterocycles. The minimum atomic E-state index is -0.708. The van der Waals surface area contributed by atoms with Gasteiger partial charge in [-0.25, -0.2) is 0 Å². The first-order valence-electron chi connectivity index (χ1n) is 6.29. The Morgan fingerprint density at radius 3 is 2.06 bits per heavy atom. The number of fused-ring (bicyclic) bond motifs is 3. The van der Waals surface area contributed by atoms with Crippen molar-refractivity contribution >= 4 is 0 Å². The van der Waals surface area contributed by atoms with E-state index in [1.165, 1.54) is 0 Å². The van der Waals surface area contributed by atoms with Crippen molar-refractivity contribution in [2.24, 2.45) is 0 Å². The first kappa shape index (κ1) is 12.8. The Bertz CT molecular complexity index is 341. The Morgan fingerprint density at radius 1 is 0.833 bits per heavy atom. The first-order valence-corrected chi connectivity index (χ1v) is 6.29. The Morgan fingerprint density at radius 2 is 1.39 bits per heavy atom. The van der Waals surface area contributed by atoms with Gasteiger partial charge in [-0.1, -0.05) is 0 Å². The molecule has 6 nitrogen and oxygen atoms in total. The molecule has 1 N–H and O–H groups in total. The highest BCUT2D eigenvalue weighted by molar-refractivity contribution is 4.99. The van der Waals surface area contributed by atoms with Gasteiger partial charge in [0.1, 0.15) is 24.4 Å². The van der Waals surface area contributed by atoms with Crippen LogP contribution in [-0.2, 0) is 23.7 Å². The van der Waals surface area contributed by atoms with Gasteiger partial charge in [0.05, 0.1) is 6.61 Å². The summed E-state index contributed by atoms with van der Waals surface area (Å²) in [7, 11) is 0. The monoisotopic (exact) mass is 260 g/mol. The lowest BCUT2D eigenvalue weighted by atomic mass is 9.99. The predicted molar refractivity (Wildman–Crippen MR) is 59.6 cm³/mol. The van der Waals surface area contributed by atoms with E-state index in [9.17, 15) is 5.11 Å². The van der Waals surface area contributed by atoms with Gasteiger partial charge in [-0.15, -0.1) is 0 Å². The second-order valence-corrected chi connectivity index (χ2v) is 5.89. The van der Waals surface area contributed by atoms with Gasteiger partial charge in [0, 0.05) is 0 Å². The molecule has 6 heteroatoms. The van der Waals surface area contributed by atoms with Crippen LogP contribution in [0.2, 0.25) is 0 Å². The van der Waals surface area contributed by atoms with Crippen molar-refractivity contribution in [3.05, 3.63) is 0 Å². The summed E-state index contributed by atoms with van der Waals surface area (Å²) in [4.78, 5) is 0. The van der Waals surface area contributed by atoms with E-state index in [2.05, 4.69) is 0 Å². The van der Waals surface area contributed by atoms with E-state index >= 15 is 0 Å². The van der Waals surface area contributed by atoms with Crippen molar-refractivity contribution in [3.8, 4) is 0 Å². The number of ether oxygens (including phenoxy) is 5.